The number of phenolic OH excluding ortho intramolecular Hbond substituents is 1. The fraction of sp³-hybridized carbons (Fsp3) is 0.558. The molecule has 5 bridgehead atoms. The molecule has 18 nitrogen and oxygen atoms in total. The minimum Gasteiger partial charge on any atom is -0.507 e. The highest BCUT2D eigenvalue weighted by Crippen LogP contribution is 2.49. The summed E-state index contributed by atoms with van der Waals surface area (Å²) in [6.07, 6.45) is -2.47. The molecule has 1 aromatic carbocycles. The second-order valence-corrected chi connectivity index (χ2v) is 18.0. The maximum Gasteiger partial charge on any atom is 0.312 e. The number of methoxy groups -OCH3 is 1. The molecule has 1 fully saturated rings. The largest absolute Gasteiger partial charge is 0.507 e. The lowest BCUT2D eigenvalue weighted by Gasteiger charge is -2.36. The molecule has 0 unspecified atom stereocenters. The molecule has 0 saturated carbocycles. The minimum atomic E-state index is -2.12. The number of allylic oxidation sites excluding steroid dienone is 4. The van der Waals surface area contributed by atoms with Gasteiger partial charge in [-0.1, -0.05) is 45.9 Å². The van der Waals surface area contributed by atoms with Crippen molar-refractivity contribution in [2.45, 2.75) is 103 Å². The van der Waals surface area contributed by atoms with Crippen LogP contribution in [-0.2, 0) is 19.0 Å². The molecule has 5 aliphatic rings. The van der Waals surface area contributed by atoms with Crippen molar-refractivity contribution in [3.05, 3.63) is 69.0 Å². The van der Waals surface area contributed by atoms with Crippen molar-refractivity contribution in [2.24, 2.45) is 23.7 Å². The Labute approximate surface area is 374 Å². The number of phenols is 1. The molecule has 0 radical (unpaired) electrons. The van der Waals surface area contributed by atoms with Crippen molar-refractivity contribution in [3.63, 3.8) is 0 Å². The maximum absolute atomic E-state index is 14.7. The van der Waals surface area contributed by atoms with Crippen LogP contribution < -0.4 is 20.7 Å². The van der Waals surface area contributed by atoms with Crippen molar-refractivity contribution < 1.29 is 73.9 Å². The summed E-state index contributed by atoms with van der Waals surface area (Å²) in [5.41, 5.74) is -1.74. The fourth-order valence-electron chi connectivity index (χ4n) is 7.84. The Morgan fingerprint density at radius 2 is 1.56 bits per heavy atom. The molecule has 13 atom stereocenters. The van der Waals surface area contributed by atoms with Crippen LogP contribution in [0.2, 0.25) is 0 Å². The molecular formula is C43H57N3O15S2. The van der Waals surface area contributed by atoms with E-state index in [4.69, 9.17) is 31.2 Å². The van der Waals surface area contributed by atoms with Crippen LogP contribution in [0.3, 0.4) is 0 Å². The van der Waals surface area contributed by atoms with Crippen molar-refractivity contribution in [1.82, 2.24) is 16.0 Å². The molecule has 20 heteroatoms. The summed E-state index contributed by atoms with van der Waals surface area (Å²) in [4.78, 5) is 56.9. The predicted octanol–water partition coefficient (Wildman–Crippen LogP) is 1.02. The first-order chi connectivity index (χ1) is 29.6. The number of hydrogen-bond acceptors (Lipinski definition) is 17. The lowest BCUT2D eigenvalue weighted by Crippen LogP contribution is -2.60. The number of carbonyl (C=O) groups excluding carboxylic acids is 4. The lowest BCUT2D eigenvalue weighted by molar-refractivity contribution is -0.190. The standard InChI is InChI=1S/C43H57N3O15S2/c1-17-10-9-11-18(2)40(57)45-28-34(53)26-25(35(54)38(28)63-15-13-44-42(62)46-41-36(55)33(52)23(47)16-59-41)27-37(22(6)32(26)51)61-43(7,39(27)56)60-14-12-24(58-8)19(3)30(49)21(5)31(50)20(4)29(17)48/h9-12,14,17,19-21,23-24,29-31,33,36,41,47-52,55H,13,15-16H2,1-8H3,(H,45,57)(H2,44,46,62)/b10-9+,14-12+,18-11-/t17-,19+,20+,21-,23+,24-,29-,30+,31+,33+,36-,41-,43-/m0/s1. The number of nitrogens with one attached hydrogen (secondary N) is 3. The molecular weight excluding hydrogens is 863 g/mol. The molecule has 4 aliphatic heterocycles. The number of aliphatic hydroxyl groups excluding tert-OH is 6. The highest BCUT2D eigenvalue weighted by molar-refractivity contribution is 8.04. The summed E-state index contributed by atoms with van der Waals surface area (Å²) in [5.74, 6) is -9.07. The molecule has 1 aromatic rings. The van der Waals surface area contributed by atoms with Crippen LogP contribution in [0.1, 0.15) is 78.2 Å². The van der Waals surface area contributed by atoms with Crippen molar-refractivity contribution in [3.8, 4) is 11.5 Å². The highest BCUT2D eigenvalue weighted by Gasteiger charge is 2.53. The van der Waals surface area contributed by atoms with Crippen LogP contribution in [0, 0.1) is 30.6 Å². The number of rotatable bonds is 6. The zero-order valence-corrected chi connectivity index (χ0v) is 37.8. The van der Waals surface area contributed by atoms with Gasteiger partial charge in [0.2, 0.25) is 11.6 Å². The van der Waals surface area contributed by atoms with E-state index in [2.05, 4.69) is 16.0 Å². The van der Waals surface area contributed by atoms with Crippen LogP contribution in [0.25, 0.3) is 0 Å². The Morgan fingerprint density at radius 1 is 0.905 bits per heavy atom. The number of aromatic hydroxyl groups is 1. The van der Waals surface area contributed by atoms with Crippen molar-refractivity contribution in [1.29, 1.82) is 0 Å². The van der Waals surface area contributed by atoms with Crippen LogP contribution in [0.5, 0.6) is 11.5 Å². The third-order valence-electron chi connectivity index (χ3n) is 12.1. The molecule has 4 heterocycles. The topological polar surface area (TPSA) is 283 Å². The van der Waals surface area contributed by atoms with Crippen molar-refractivity contribution in [2.75, 3.05) is 26.0 Å². The van der Waals surface area contributed by atoms with Gasteiger partial charge in [0.25, 0.3) is 11.7 Å². The number of Topliss-reactive ketones (excluding diaryl/α,β-unsaturated/α-hetero) is 3. The van der Waals surface area contributed by atoms with Gasteiger partial charge in [-0.25, -0.2) is 0 Å². The van der Waals surface area contributed by atoms with Gasteiger partial charge in [0.15, 0.2) is 11.3 Å². The lowest BCUT2D eigenvalue weighted by atomic mass is 9.78. The van der Waals surface area contributed by atoms with E-state index < -0.39 is 124 Å². The molecule has 0 aromatic heterocycles. The number of ketones is 3. The minimum absolute atomic E-state index is 0.0214. The molecule has 6 rings (SSSR count). The SMILES string of the molecule is CO[C@H]1/C=C/O[C@@]2(C)Oc3c(C)c(O)c4c(c3C2=O)C(=O)C(SCCNC(=S)N[C@H]2OC[C@@H](O)[C@@H](O)[C@@H]2O)=C(NC(=O)/C(C)=C\C=C\[C@H](C)[C@H](O)[C@@H](C)[C@@H](O)[C@@H](C)[C@H](O)[C@@H]1C)C4=O. The third kappa shape index (κ3) is 10.0. The Balaban J connectivity index is 1.53. The number of thioether (sulfide) groups is 1. The van der Waals surface area contributed by atoms with E-state index in [0.29, 0.717) is 0 Å². The van der Waals surface area contributed by atoms with Gasteiger partial charge in [0.1, 0.15) is 35.5 Å². The molecule has 10 N–H and O–H groups in total. The molecule has 0 spiro atoms. The fourth-order valence-corrected chi connectivity index (χ4v) is 8.99. The first-order valence-electron chi connectivity index (χ1n) is 20.5. The van der Waals surface area contributed by atoms with E-state index >= 15 is 0 Å². The second kappa shape index (κ2) is 20.3. The van der Waals surface area contributed by atoms with E-state index in [1.54, 1.807) is 33.8 Å². The van der Waals surface area contributed by atoms with Gasteiger partial charge in [-0.3, -0.25) is 19.2 Å². The quantitative estimate of drug-likeness (QED) is 0.141. The van der Waals surface area contributed by atoms with E-state index in [-0.39, 0.29) is 51.4 Å². The summed E-state index contributed by atoms with van der Waals surface area (Å²) >= 11 is 6.14. The first kappa shape index (κ1) is 49.8. The smallest absolute Gasteiger partial charge is 0.312 e. The van der Waals surface area contributed by atoms with Crippen LogP contribution in [0.15, 0.2) is 46.7 Å². The van der Waals surface area contributed by atoms with E-state index in [1.165, 1.54) is 46.1 Å². The summed E-state index contributed by atoms with van der Waals surface area (Å²) in [5, 5.41) is 83.4. The van der Waals surface area contributed by atoms with Gasteiger partial charge in [-0.15, -0.1) is 11.8 Å². The number of benzene rings is 1. The number of aliphatic hydroxyl groups is 6. The highest BCUT2D eigenvalue weighted by atomic mass is 32.2. The van der Waals surface area contributed by atoms with Crippen LogP contribution in [-0.4, -0.2) is 145 Å². The van der Waals surface area contributed by atoms with Crippen LogP contribution >= 0.6 is 24.0 Å². The normalized spacial score (nSPS) is 36.1. The van der Waals surface area contributed by atoms with E-state index in [1.807, 2.05) is 0 Å². The van der Waals surface area contributed by atoms with E-state index in [9.17, 15) is 54.9 Å². The van der Waals surface area contributed by atoms with Gasteiger partial charge in [-0.2, -0.15) is 0 Å². The number of thiocarbonyl (C=S) groups is 1. The Bertz CT molecular complexity index is 2110. The molecule has 1 amide bonds. The van der Waals surface area contributed by atoms with Gasteiger partial charge in [-0.05, 0) is 32.1 Å². The Morgan fingerprint density at radius 3 is 2.22 bits per heavy atom. The molecule has 1 saturated heterocycles. The third-order valence-corrected chi connectivity index (χ3v) is 13.4. The van der Waals surface area contributed by atoms with Gasteiger partial charge < -0.3 is 70.6 Å². The van der Waals surface area contributed by atoms with Gasteiger partial charge in [0.05, 0.1) is 58.9 Å². The average molecular weight is 920 g/mol. The number of fused-ring (bicyclic) bond motifs is 14. The van der Waals surface area contributed by atoms with Gasteiger partial charge >= 0.3 is 5.79 Å². The van der Waals surface area contributed by atoms with Crippen LogP contribution in [0.4, 0.5) is 0 Å². The van der Waals surface area contributed by atoms with Gasteiger partial charge in [0, 0.05) is 61.1 Å². The zero-order chi connectivity index (χ0) is 46.8. The number of ether oxygens (including phenoxy) is 4. The summed E-state index contributed by atoms with van der Waals surface area (Å²) < 4.78 is 22.9. The van der Waals surface area contributed by atoms with Crippen molar-refractivity contribution >= 4 is 52.3 Å². The number of amides is 1. The predicted molar refractivity (Wildman–Crippen MR) is 233 cm³/mol. The zero-order valence-electron chi connectivity index (χ0n) is 36.1. The molecule has 1 aliphatic carbocycles. The molecule has 63 heavy (non-hydrogen) atoms. The maximum atomic E-state index is 14.7. The Hall–Kier alpha value is -4.22. The summed E-state index contributed by atoms with van der Waals surface area (Å²) in [6.45, 7) is 10.6. The monoisotopic (exact) mass is 919 g/mol. The summed E-state index contributed by atoms with van der Waals surface area (Å²) in [6, 6.07) is 0. The van der Waals surface area contributed by atoms with E-state index in [0.717, 1.165) is 18.0 Å². The number of carbonyl (C=O) groups is 4. The average Bonchev–Trinajstić information content (AvgIpc) is 3.52. The first-order valence-corrected chi connectivity index (χ1v) is 21.8. The second-order valence-electron chi connectivity index (χ2n) is 16.5. The molecule has 346 valence electrons. The summed E-state index contributed by atoms with van der Waals surface area (Å²) in [7, 11) is 1.40. The Kier molecular flexibility index (Phi) is 16.0. The number of hydrogen-bond donors (Lipinski definition) is 10.